The molecule has 3 rings (SSSR count). The van der Waals surface area contributed by atoms with E-state index in [9.17, 15) is 9.59 Å². The van der Waals surface area contributed by atoms with Gasteiger partial charge in [0, 0.05) is 25.6 Å². The second kappa shape index (κ2) is 9.16. The van der Waals surface area contributed by atoms with Crippen molar-refractivity contribution in [3.8, 4) is 5.75 Å². The van der Waals surface area contributed by atoms with Gasteiger partial charge in [-0.15, -0.1) is 0 Å². The lowest BCUT2D eigenvalue weighted by Crippen LogP contribution is -2.50. The van der Waals surface area contributed by atoms with Gasteiger partial charge >= 0.3 is 0 Å². The van der Waals surface area contributed by atoms with E-state index in [1.54, 1.807) is 12.0 Å². The predicted molar refractivity (Wildman–Crippen MR) is 115 cm³/mol. The van der Waals surface area contributed by atoms with Gasteiger partial charge in [-0.1, -0.05) is 19.9 Å². The summed E-state index contributed by atoms with van der Waals surface area (Å²) in [7, 11) is 3.75. The van der Waals surface area contributed by atoms with Gasteiger partial charge in [0.2, 0.25) is 11.8 Å². The molecule has 2 amide bonds. The molecule has 6 heteroatoms. The van der Waals surface area contributed by atoms with Crippen molar-refractivity contribution in [1.29, 1.82) is 0 Å². The van der Waals surface area contributed by atoms with Crippen molar-refractivity contribution in [1.82, 2.24) is 9.80 Å². The fourth-order valence-corrected chi connectivity index (χ4v) is 4.47. The molecule has 0 N–H and O–H groups in total. The maximum atomic E-state index is 13.5. The Morgan fingerprint density at radius 1 is 1.28 bits per heavy atom. The van der Waals surface area contributed by atoms with Crippen LogP contribution in [0.1, 0.15) is 38.7 Å². The van der Waals surface area contributed by atoms with Crippen molar-refractivity contribution in [2.75, 3.05) is 45.2 Å². The summed E-state index contributed by atoms with van der Waals surface area (Å²) in [4.78, 5) is 32.5. The Bertz CT molecular complexity index is 741. The largest absolute Gasteiger partial charge is 0.495 e. The first-order chi connectivity index (χ1) is 13.8. The van der Waals surface area contributed by atoms with Gasteiger partial charge < -0.3 is 19.4 Å². The third kappa shape index (κ3) is 4.92. The minimum Gasteiger partial charge on any atom is -0.495 e. The Labute approximate surface area is 174 Å². The number of benzene rings is 1. The van der Waals surface area contributed by atoms with E-state index in [1.807, 2.05) is 25.1 Å². The molecule has 0 aliphatic carbocycles. The maximum Gasteiger partial charge on any atom is 0.228 e. The normalized spacial score (nSPS) is 21.1. The van der Waals surface area contributed by atoms with Crippen molar-refractivity contribution < 1.29 is 14.3 Å². The lowest BCUT2D eigenvalue weighted by molar-refractivity contribution is -0.139. The van der Waals surface area contributed by atoms with Gasteiger partial charge in [-0.3, -0.25) is 9.59 Å². The summed E-state index contributed by atoms with van der Waals surface area (Å²) in [6.45, 7) is 9.52. The molecule has 29 heavy (non-hydrogen) atoms. The van der Waals surface area contributed by atoms with E-state index in [4.69, 9.17) is 4.74 Å². The molecule has 0 bridgehead atoms. The molecule has 2 fully saturated rings. The summed E-state index contributed by atoms with van der Waals surface area (Å²) >= 11 is 0. The Kier molecular flexibility index (Phi) is 6.83. The minimum absolute atomic E-state index is 0.000115. The number of aryl methyl sites for hydroxylation is 1. The minimum atomic E-state index is -0.286. The molecule has 2 aliphatic heterocycles. The second-order valence-corrected chi connectivity index (χ2v) is 9.00. The van der Waals surface area contributed by atoms with E-state index >= 15 is 0 Å². The van der Waals surface area contributed by atoms with Crippen LogP contribution >= 0.6 is 0 Å². The summed E-state index contributed by atoms with van der Waals surface area (Å²) in [6, 6.07) is 6.10. The number of anilines is 1. The van der Waals surface area contributed by atoms with Crippen molar-refractivity contribution in [3.63, 3.8) is 0 Å². The highest BCUT2D eigenvalue weighted by Crippen LogP contribution is 2.35. The van der Waals surface area contributed by atoms with Crippen molar-refractivity contribution >= 4 is 17.5 Å². The van der Waals surface area contributed by atoms with Crippen molar-refractivity contribution in [3.05, 3.63) is 23.8 Å². The van der Waals surface area contributed by atoms with E-state index in [1.165, 1.54) is 0 Å². The van der Waals surface area contributed by atoms with Crippen LogP contribution in [-0.4, -0.2) is 68.0 Å². The fourth-order valence-electron chi connectivity index (χ4n) is 4.47. The molecule has 1 atom stereocenters. The predicted octanol–water partition coefficient (Wildman–Crippen LogP) is 2.94. The first-order valence-corrected chi connectivity index (χ1v) is 10.7. The number of rotatable bonds is 6. The van der Waals surface area contributed by atoms with E-state index in [0.717, 1.165) is 43.7 Å². The van der Waals surface area contributed by atoms with E-state index < -0.39 is 0 Å². The molecule has 1 unspecified atom stereocenters. The second-order valence-electron chi connectivity index (χ2n) is 9.00. The number of piperidine rings is 1. The third-order valence-electron chi connectivity index (χ3n) is 6.07. The zero-order valence-electron chi connectivity index (χ0n) is 18.5. The highest BCUT2D eigenvalue weighted by Gasteiger charge is 2.40. The summed E-state index contributed by atoms with van der Waals surface area (Å²) in [6.07, 6.45) is 2.28. The number of amides is 2. The van der Waals surface area contributed by atoms with Gasteiger partial charge in [-0.25, -0.2) is 0 Å². The molecule has 0 spiro atoms. The molecular formula is C23H35N3O3. The van der Waals surface area contributed by atoms with E-state index in [0.29, 0.717) is 18.2 Å². The fraction of sp³-hybridized carbons (Fsp3) is 0.652. The summed E-state index contributed by atoms with van der Waals surface area (Å²) < 4.78 is 5.47. The highest BCUT2D eigenvalue weighted by molar-refractivity contribution is 6.01. The number of hydrogen-bond donors (Lipinski definition) is 0. The first kappa shape index (κ1) is 21.6. The van der Waals surface area contributed by atoms with Crippen LogP contribution in [0.25, 0.3) is 0 Å². The van der Waals surface area contributed by atoms with Crippen LogP contribution in [-0.2, 0) is 9.59 Å². The van der Waals surface area contributed by atoms with Crippen LogP contribution in [0.4, 0.5) is 5.69 Å². The Morgan fingerprint density at radius 2 is 1.97 bits per heavy atom. The number of carbonyl (C=O) groups is 2. The Hall–Kier alpha value is -2.08. The summed E-state index contributed by atoms with van der Waals surface area (Å²) in [5.74, 6) is 0.928. The van der Waals surface area contributed by atoms with Crippen LogP contribution in [0.15, 0.2) is 18.2 Å². The van der Waals surface area contributed by atoms with Crippen LogP contribution < -0.4 is 9.64 Å². The number of likely N-dealkylation sites (tertiary alicyclic amines) is 1. The van der Waals surface area contributed by atoms with Gasteiger partial charge in [-0.05, 0) is 63.5 Å². The number of ether oxygens (including phenoxy) is 1. The summed E-state index contributed by atoms with van der Waals surface area (Å²) in [5.41, 5.74) is 1.83. The van der Waals surface area contributed by atoms with Gasteiger partial charge in [0.25, 0.3) is 0 Å². The van der Waals surface area contributed by atoms with Crippen LogP contribution in [0, 0.1) is 18.8 Å². The number of nitrogens with zero attached hydrogens (tertiary/aromatic N) is 3. The molecule has 160 valence electrons. The number of carbonyl (C=O) groups excluding carboxylic acids is 2. The third-order valence-corrected chi connectivity index (χ3v) is 6.07. The zero-order valence-corrected chi connectivity index (χ0v) is 18.5. The topological polar surface area (TPSA) is 53.1 Å². The molecule has 1 aromatic rings. The quantitative estimate of drug-likeness (QED) is 0.735. The van der Waals surface area contributed by atoms with Crippen LogP contribution in [0.5, 0.6) is 5.75 Å². The SMILES string of the molecule is COc1ccc(C)cc1N1CC(C(=O)N(CC(C)C)C2CCN(C)CC2)CC1=O. The smallest absolute Gasteiger partial charge is 0.228 e. The zero-order chi connectivity index (χ0) is 21.1. The van der Waals surface area contributed by atoms with Gasteiger partial charge in [0.1, 0.15) is 5.75 Å². The van der Waals surface area contributed by atoms with Gasteiger partial charge in [0.05, 0.1) is 18.7 Å². The molecule has 0 saturated carbocycles. The Morgan fingerprint density at radius 3 is 2.59 bits per heavy atom. The van der Waals surface area contributed by atoms with Gasteiger partial charge in [0.15, 0.2) is 0 Å². The standard InChI is InChI=1S/C23H35N3O3/c1-16(2)14-25(19-8-10-24(4)11-9-19)23(28)18-13-22(27)26(15-18)20-12-17(3)6-7-21(20)29-5/h6-7,12,16,18-19H,8-11,13-15H2,1-5H3. The van der Waals surface area contributed by atoms with E-state index in [2.05, 4.69) is 30.7 Å². The van der Waals surface area contributed by atoms with Crippen LogP contribution in [0.3, 0.4) is 0 Å². The Balaban J connectivity index is 1.78. The molecule has 0 radical (unpaired) electrons. The maximum absolute atomic E-state index is 13.5. The molecule has 2 saturated heterocycles. The van der Waals surface area contributed by atoms with Crippen molar-refractivity contribution in [2.45, 2.75) is 46.1 Å². The molecular weight excluding hydrogens is 366 g/mol. The van der Waals surface area contributed by atoms with Crippen LogP contribution in [0.2, 0.25) is 0 Å². The monoisotopic (exact) mass is 401 g/mol. The first-order valence-electron chi connectivity index (χ1n) is 10.7. The lowest BCUT2D eigenvalue weighted by Gasteiger charge is -2.39. The number of hydrogen-bond acceptors (Lipinski definition) is 4. The summed E-state index contributed by atoms with van der Waals surface area (Å²) in [5, 5.41) is 0. The number of methoxy groups -OCH3 is 1. The molecule has 0 aromatic heterocycles. The van der Waals surface area contributed by atoms with Gasteiger partial charge in [-0.2, -0.15) is 0 Å². The lowest BCUT2D eigenvalue weighted by atomic mass is 9.98. The molecule has 1 aromatic carbocycles. The highest BCUT2D eigenvalue weighted by atomic mass is 16.5. The molecule has 6 nitrogen and oxygen atoms in total. The average molecular weight is 402 g/mol. The molecule has 2 heterocycles. The average Bonchev–Trinajstić information content (AvgIpc) is 3.07. The van der Waals surface area contributed by atoms with E-state index in [-0.39, 0.29) is 30.2 Å². The van der Waals surface area contributed by atoms with Crippen molar-refractivity contribution in [2.24, 2.45) is 11.8 Å². The molecule has 2 aliphatic rings.